The van der Waals surface area contributed by atoms with Gasteiger partial charge in [0.05, 0.1) is 5.60 Å². The monoisotopic (exact) mass is 232 g/mol. The summed E-state index contributed by atoms with van der Waals surface area (Å²) in [5, 5.41) is 13.4. The largest absolute Gasteiger partial charge is 0.385 e. The molecule has 0 radical (unpaired) electrons. The van der Waals surface area contributed by atoms with Gasteiger partial charge in [0.15, 0.2) is 0 Å². The molecular weight excluding hydrogens is 212 g/mol. The van der Waals surface area contributed by atoms with Crippen LogP contribution in [-0.4, -0.2) is 36.2 Å². The first kappa shape index (κ1) is 11.2. The molecule has 3 nitrogen and oxygen atoms in total. The maximum absolute atomic E-state index is 9.99. The van der Waals surface area contributed by atoms with Crippen molar-refractivity contribution < 1.29 is 5.11 Å². The fourth-order valence-corrected chi connectivity index (χ4v) is 2.45. The van der Waals surface area contributed by atoms with Crippen molar-refractivity contribution >= 4 is 0 Å². The van der Waals surface area contributed by atoms with Gasteiger partial charge in [-0.25, -0.2) is 0 Å². The summed E-state index contributed by atoms with van der Waals surface area (Å²) in [6.07, 6.45) is 1.84. The third kappa shape index (κ3) is 2.51. The average Bonchev–Trinajstić information content (AvgIpc) is 3.11. The first-order valence-corrected chi connectivity index (χ1v) is 6.51. The maximum Gasteiger partial charge on any atom is 0.0899 e. The van der Waals surface area contributed by atoms with Crippen molar-refractivity contribution in [2.45, 2.75) is 25.0 Å². The lowest BCUT2D eigenvalue weighted by atomic mass is 10.1. The third-order valence-corrected chi connectivity index (χ3v) is 3.83. The van der Waals surface area contributed by atoms with Gasteiger partial charge >= 0.3 is 0 Å². The highest BCUT2D eigenvalue weighted by molar-refractivity contribution is 5.30. The molecule has 1 heterocycles. The van der Waals surface area contributed by atoms with Gasteiger partial charge in [0.2, 0.25) is 0 Å². The standard InChI is InChI=1S/C14H20N2O/c17-14(5-6-14)13-3-1-12(2-4-13)11-16-9-7-15-8-10-16/h1-4,15,17H,5-11H2. The molecule has 2 fully saturated rings. The average molecular weight is 232 g/mol. The number of aliphatic hydroxyl groups is 1. The van der Waals surface area contributed by atoms with E-state index in [-0.39, 0.29) is 0 Å². The van der Waals surface area contributed by atoms with Gasteiger partial charge in [0.1, 0.15) is 0 Å². The minimum atomic E-state index is -0.492. The first-order valence-electron chi connectivity index (χ1n) is 6.51. The van der Waals surface area contributed by atoms with Crippen molar-refractivity contribution in [2.24, 2.45) is 0 Å². The van der Waals surface area contributed by atoms with E-state index in [9.17, 15) is 5.11 Å². The number of benzene rings is 1. The molecule has 1 aromatic rings. The van der Waals surface area contributed by atoms with Crippen molar-refractivity contribution in [2.75, 3.05) is 26.2 Å². The van der Waals surface area contributed by atoms with Crippen LogP contribution in [0.15, 0.2) is 24.3 Å². The molecule has 0 bridgehead atoms. The first-order chi connectivity index (χ1) is 8.26. The Morgan fingerprint density at radius 2 is 1.76 bits per heavy atom. The van der Waals surface area contributed by atoms with E-state index in [0.29, 0.717) is 0 Å². The zero-order chi connectivity index (χ0) is 11.7. The predicted octanol–water partition coefficient (Wildman–Crippen LogP) is 1.07. The van der Waals surface area contributed by atoms with Gasteiger partial charge in [-0.05, 0) is 24.0 Å². The number of nitrogens with one attached hydrogen (secondary N) is 1. The highest BCUT2D eigenvalue weighted by Crippen LogP contribution is 2.45. The van der Waals surface area contributed by atoms with Gasteiger partial charge in [-0.1, -0.05) is 24.3 Å². The van der Waals surface area contributed by atoms with E-state index < -0.39 is 5.60 Å². The SMILES string of the molecule is OC1(c2ccc(CN3CCNCC3)cc2)CC1. The minimum absolute atomic E-state index is 0.492. The number of nitrogens with zero attached hydrogens (tertiary/aromatic N) is 1. The Labute approximate surface area is 102 Å². The van der Waals surface area contributed by atoms with E-state index in [1.54, 1.807) is 0 Å². The lowest BCUT2D eigenvalue weighted by Crippen LogP contribution is -2.42. The maximum atomic E-state index is 9.99. The molecule has 1 aromatic carbocycles. The van der Waals surface area contributed by atoms with E-state index in [2.05, 4.69) is 34.5 Å². The molecule has 1 aliphatic carbocycles. The summed E-state index contributed by atoms with van der Waals surface area (Å²) >= 11 is 0. The Bertz CT molecular complexity index is 378. The van der Waals surface area contributed by atoms with Crippen LogP contribution in [0, 0.1) is 0 Å². The molecule has 1 saturated heterocycles. The Morgan fingerprint density at radius 1 is 1.12 bits per heavy atom. The Morgan fingerprint density at radius 3 is 2.35 bits per heavy atom. The van der Waals surface area contributed by atoms with Crippen LogP contribution in [0.1, 0.15) is 24.0 Å². The summed E-state index contributed by atoms with van der Waals surface area (Å²) in [7, 11) is 0. The van der Waals surface area contributed by atoms with E-state index in [1.807, 2.05) is 0 Å². The highest BCUT2D eigenvalue weighted by atomic mass is 16.3. The quantitative estimate of drug-likeness (QED) is 0.818. The second kappa shape index (κ2) is 4.41. The summed E-state index contributed by atoms with van der Waals surface area (Å²) in [4.78, 5) is 2.47. The number of piperazine rings is 1. The molecule has 0 aromatic heterocycles. The number of hydrogen-bond acceptors (Lipinski definition) is 3. The van der Waals surface area contributed by atoms with Crippen molar-refractivity contribution in [1.29, 1.82) is 0 Å². The molecule has 1 saturated carbocycles. The van der Waals surface area contributed by atoms with Crippen LogP contribution in [0.4, 0.5) is 0 Å². The van der Waals surface area contributed by atoms with E-state index in [4.69, 9.17) is 0 Å². The van der Waals surface area contributed by atoms with E-state index >= 15 is 0 Å². The normalized spacial score (nSPS) is 23.6. The Hall–Kier alpha value is -0.900. The van der Waals surface area contributed by atoms with Gasteiger partial charge in [-0.2, -0.15) is 0 Å². The van der Waals surface area contributed by atoms with Gasteiger partial charge in [0, 0.05) is 32.7 Å². The van der Waals surface area contributed by atoms with Gasteiger partial charge < -0.3 is 10.4 Å². The van der Waals surface area contributed by atoms with Crippen molar-refractivity contribution in [1.82, 2.24) is 10.2 Å². The highest BCUT2D eigenvalue weighted by Gasteiger charge is 2.41. The van der Waals surface area contributed by atoms with Crippen molar-refractivity contribution in [3.63, 3.8) is 0 Å². The van der Waals surface area contributed by atoms with Crippen LogP contribution in [0.2, 0.25) is 0 Å². The van der Waals surface area contributed by atoms with Crippen LogP contribution >= 0.6 is 0 Å². The molecule has 92 valence electrons. The summed E-state index contributed by atoms with van der Waals surface area (Å²) in [5.41, 5.74) is 1.94. The molecule has 3 rings (SSSR count). The van der Waals surface area contributed by atoms with E-state index in [1.165, 1.54) is 5.56 Å². The summed E-state index contributed by atoms with van der Waals surface area (Å²) in [6.45, 7) is 5.48. The van der Waals surface area contributed by atoms with Gasteiger partial charge in [0.25, 0.3) is 0 Å². The number of hydrogen-bond donors (Lipinski definition) is 2. The molecule has 2 N–H and O–H groups in total. The van der Waals surface area contributed by atoms with Gasteiger partial charge in [-0.15, -0.1) is 0 Å². The molecule has 0 atom stereocenters. The lowest BCUT2D eigenvalue weighted by Gasteiger charge is -2.27. The molecule has 0 unspecified atom stereocenters. The zero-order valence-electron chi connectivity index (χ0n) is 10.2. The summed E-state index contributed by atoms with van der Waals surface area (Å²) < 4.78 is 0. The molecule has 0 amide bonds. The molecule has 17 heavy (non-hydrogen) atoms. The second-order valence-corrected chi connectivity index (χ2v) is 5.25. The fraction of sp³-hybridized carbons (Fsp3) is 0.571. The molecule has 1 aliphatic heterocycles. The van der Waals surface area contributed by atoms with Crippen LogP contribution in [0.5, 0.6) is 0 Å². The van der Waals surface area contributed by atoms with Crippen molar-refractivity contribution in [3.8, 4) is 0 Å². The number of rotatable bonds is 3. The van der Waals surface area contributed by atoms with Crippen LogP contribution in [0.25, 0.3) is 0 Å². The molecule has 3 heteroatoms. The smallest absolute Gasteiger partial charge is 0.0899 e. The zero-order valence-corrected chi connectivity index (χ0v) is 10.2. The Kier molecular flexibility index (Phi) is 2.90. The molecular formula is C14H20N2O. The molecule has 0 spiro atoms. The fourth-order valence-electron chi connectivity index (χ4n) is 2.45. The lowest BCUT2D eigenvalue weighted by molar-refractivity contribution is 0.151. The summed E-state index contributed by atoms with van der Waals surface area (Å²) in [6, 6.07) is 8.50. The summed E-state index contributed by atoms with van der Waals surface area (Å²) in [5.74, 6) is 0. The van der Waals surface area contributed by atoms with Gasteiger partial charge in [-0.3, -0.25) is 4.90 Å². The minimum Gasteiger partial charge on any atom is -0.385 e. The van der Waals surface area contributed by atoms with Crippen LogP contribution < -0.4 is 5.32 Å². The predicted molar refractivity (Wildman–Crippen MR) is 67.7 cm³/mol. The van der Waals surface area contributed by atoms with Crippen LogP contribution in [-0.2, 0) is 12.1 Å². The van der Waals surface area contributed by atoms with Crippen molar-refractivity contribution in [3.05, 3.63) is 35.4 Å². The molecule has 2 aliphatic rings. The van der Waals surface area contributed by atoms with E-state index in [0.717, 1.165) is 51.1 Å². The second-order valence-electron chi connectivity index (χ2n) is 5.25. The Balaban J connectivity index is 1.63. The van der Waals surface area contributed by atoms with Crippen LogP contribution in [0.3, 0.4) is 0 Å². The topological polar surface area (TPSA) is 35.5 Å². The third-order valence-electron chi connectivity index (χ3n) is 3.83.